The number of anilines is 1. The summed E-state index contributed by atoms with van der Waals surface area (Å²) in [6.07, 6.45) is 5.48. The minimum atomic E-state index is -0.493. The molecule has 0 spiro atoms. The number of methoxy groups -OCH3 is 1. The zero-order chi connectivity index (χ0) is 20.5. The summed E-state index contributed by atoms with van der Waals surface area (Å²) in [6, 6.07) is 12.6. The van der Waals surface area contributed by atoms with Gasteiger partial charge in [-0.25, -0.2) is 4.98 Å². The van der Waals surface area contributed by atoms with E-state index in [1.165, 1.54) is 17.7 Å². The smallest absolute Gasteiger partial charge is 0.263 e. The van der Waals surface area contributed by atoms with E-state index >= 15 is 0 Å². The third kappa shape index (κ3) is 3.38. The second kappa shape index (κ2) is 7.27. The van der Waals surface area contributed by atoms with Gasteiger partial charge in [0.25, 0.3) is 11.5 Å². The standard InChI is InChI=1S/C22H20N4O3/c1-14-6-4-11-26-13-18(23-20(14)26)15-8-9-19(29-3)17(12-15)24-21(27)16-7-5-10-25(2)22(16)28/h4-13H,1-3H3,(H,24,27). The first kappa shape index (κ1) is 18.5. The lowest BCUT2D eigenvalue weighted by molar-refractivity contribution is 0.102. The maximum Gasteiger partial charge on any atom is 0.263 e. The van der Waals surface area contributed by atoms with Gasteiger partial charge in [-0.05, 0) is 48.9 Å². The molecular weight excluding hydrogens is 368 g/mol. The van der Waals surface area contributed by atoms with Crippen LogP contribution >= 0.6 is 0 Å². The van der Waals surface area contributed by atoms with Crippen molar-refractivity contribution in [2.45, 2.75) is 6.92 Å². The largest absolute Gasteiger partial charge is 0.495 e. The van der Waals surface area contributed by atoms with Crippen molar-refractivity contribution in [1.82, 2.24) is 14.0 Å². The van der Waals surface area contributed by atoms with E-state index in [0.29, 0.717) is 11.4 Å². The highest BCUT2D eigenvalue weighted by Gasteiger charge is 2.15. The third-order valence-corrected chi connectivity index (χ3v) is 4.79. The molecule has 0 saturated carbocycles. The molecule has 1 aromatic carbocycles. The first-order valence-corrected chi connectivity index (χ1v) is 9.07. The summed E-state index contributed by atoms with van der Waals surface area (Å²) in [4.78, 5) is 29.6. The van der Waals surface area contributed by atoms with Crippen molar-refractivity contribution < 1.29 is 9.53 Å². The fourth-order valence-electron chi connectivity index (χ4n) is 3.22. The van der Waals surface area contributed by atoms with E-state index in [-0.39, 0.29) is 11.1 Å². The van der Waals surface area contributed by atoms with Crippen LogP contribution < -0.4 is 15.6 Å². The number of nitrogens with one attached hydrogen (secondary N) is 1. The lowest BCUT2D eigenvalue weighted by Crippen LogP contribution is -2.27. The fraction of sp³-hybridized carbons (Fsp3) is 0.136. The molecule has 3 aromatic heterocycles. The molecule has 0 atom stereocenters. The minimum absolute atomic E-state index is 0.0609. The van der Waals surface area contributed by atoms with Crippen LogP contribution in [0.25, 0.3) is 16.9 Å². The zero-order valence-corrected chi connectivity index (χ0v) is 16.3. The van der Waals surface area contributed by atoms with Crippen molar-refractivity contribution in [2.75, 3.05) is 12.4 Å². The molecule has 0 aliphatic carbocycles. The second-order valence-electron chi connectivity index (χ2n) is 6.76. The van der Waals surface area contributed by atoms with Gasteiger partial charge < -0.3 is 19.0 Å². The van der Waals surface area contributed by atoms with Gasteiger partial charge in [0.05, 0.1) is 18.5 Å². The van der Waals surface area contributed by atoms with E-state index in [0.717, 1.165) is 22.5 Å². The first-order chi connectivity index (χ1) is 14.0. The number of pyridine rings is 2. The van der Waals surface area contributed by atoms with E-state index in [2.05, 4.69) is 5.32 Å². The molecule has 0 fully saturated rings. The molecule has 0 unspecified atom stereocenters. The molecule has 0 aliphatic rings. The Morgan fingerprint density at radius 1 is 1.14 bits per heavy atom. The Hall–Kier alpha value is -3.87. The number of nitrogens with zero attached hydrogens (tertiary/aromatic N) is 3. The van der Waals surface area contributed by atoms with Crippen molar-refractivity contribution >= 4 is 17.2 Å². The van der Waals surface area contributed by atoms with Gasteiger partial charge in [0.15, 0.2) is 0 Å². The number of carbonyl (C=O) groups excluding carboxylic acids is 1. The summed E-state index contributed by atoms with van der Waals surface area (Å²) < 4.78 is 8.70. The number of carbonyl (C=O) groups is 1. The van der Waals surface area contributed by atoms with Crippen molar-refractivity contribution in [1.29, 1.82) is 0 Å². The number of amides is 1. The number of ether oxygens (including phenoxy) is 1. The molecule has 0 saturated heterocycles. The number of fused-ring (bicyclic) bond motifs is 1. The number of rotatable bonds is 4. The highest BCUT2D eigenvalue weighted by Crippen LogP contribution is 2.31. The lowest BCUT2D eigenvalue weighted by Gasteiger charge is -2.11. The average molecular weight is 388 g/mol. The molecule has 4 aromatic rings. The minimum Gasteiger partial charge on any atom is -0.495 e. The summed E-state index contributed by atoms with van der Waals surface area (Å²) >= 11 is 0. The topological polar surface area (TPSA) is 77.6 Å². The molecule has 29 heavy (non-hydrogen) atoms. The molecule has 0 radical (unpaired) electrons. The van der Waals surface area contributed by atoms with Crippen LogP contribution in [0.1, 0.15) is 15.9 Å². The van der Waals surface area contributed by atoms with Gasteiger partial charge in [-0.15, -0.1) is 0 Å². The summed E-state index contributed by atoms with van der Waals surface area (Å²) in [6.45, 7) is 2.01. The molecule has 1 N–H and O–H groups in total. The molecule has 0 aliphatic heterocycles. The Morgan fingerprint density at radius 3 is 2.69 bits per heavy atom. The Labute approximate surface area is 167 Å². The maximum absolute atomic E-state index is 12.7. The van der Waals surface area contributed by atoms with Crippen LogP contribution in [0.5, 0.6) is 5.75 Å². The van der Waals surface area contributed by atoms with Gasteiger partial charge in [-0.3, -0.25) is 9.59 Å². The third-order valence-electron chi connectivity index (χ3n) is 4.79. The summed E-state index contributed by atoms with van der Waals surface area (Å²) in [5.41, 5.74) is 3.70. The Balaban J connectivity index is 1.73. The van der Waals surface area contributed by atoms with E-state index in [9.17, 15) is 9.59 Å². The van der Waals surface area contributed by atoms with Crippen LogP contribution in [-0.4, -0.2) is 27.0 Å². The van der Waals surface area contributed by atoms with Crippen LogP contribution in [0.2, 0.25) is 0 Å². The molecule has 7 nitrogen and oxygen atoms in total. The summed E-state index contributed by atoms with van der Waals surface area (Å²) in [5.74, 6) is 0.00213. The van der Waals surface area contributed by atoms with E-state index in [1.807, 2.05) is 41.9 Å². The van der Waals surface area contributed by atoms with E-state index < -0.39 is 5.91 Å². The monoisotopic (exact) mass is 388 g/mol. The van der Waals surface area contributed by atoms with Gasteiger partial charge >= 0.3 is 0 Å². The summed E-state index contributed by atoms with van der Waals surface area (Å²) in [5, 5.41) is 2.79. The van der Waals surface area contributed by atoms with Gasteiger partial charge in [-0.2, -0.15) is 0 Å². The molecule has 0 bridgehead atoms. The molecule has 146 valence electrons. The molecule has 4 rings (SSSR count). The van der Waals surface area contributed by atoms with E-state index in [4.69, 9.17) is 9.72 Å². The van der Waals surface area contributed by atoms with Crippen LogP contribution in [0.15, 0.2) is 65.8 Å². The zero-order valence-electron chi connectivity index (χ0n) is 16.3. The predicted octanol–water partition coefficient (Wildman–Crippen LogP) is 3.27. The van der Waals surface area contributed by atoms with E-state index in [1.54, 1.807) is 31.4 Å². The van der Waals surface area contributed by atoms with Crippen molar-refractivity contribution in [2.24, 2.45) is 7.05 Å². The van der Waals surface area contributed by atoms with Gasteiger partial charge in [-0.1, -0.05) is 6.07 Å². The van der Waals surface area contributed by atoms with Crippen LogP contribution in [0.4, 0.5) is 5.69 Å². The number of aryl methyl sites for hydroxylation is 2. The highest BCUT2D eigenvalue weighted by atomic mass is 16.5. The van der Waals surface area contributed by atoms with Crippen LogP contribution in [-0.2, 0) is 7.05 Å². The SMILES string of the molecule is COc1ccc(-c2cn3cccc(C)c3n2)cc1NC(=O)c1cccn(C)c1=O. The molecule has 3 heterocycles. The number of imidazole rings is 1. The average Bonchev–Trinajstić information content (AvgIpc) is 3.16. The quantitative estimate of drug-likeness (QED) is 0.582. The van der Waals surface area contributed by atoms with Gasteiger partial charge in [0.1, 0.15) is 17.0 Å². The van der Waals surface area contributed by atoms with Crippen LogP contribution in [0, 0.1) is 6.92 Å². The normalized spacial score (nSPS) is 10.9. The van der Waals surface area contributed by atoms with Gasteiger partial charge in [0, 0.05) is 31.2 Å². The predicted molar refractivity (Wildman–Crippen MR) is 112 cm³/mol. The lowest BCUT2D eigenvalue weighted by atomic mass is 10.1. The molecule has 7 heteroatoms. The number of benzene rings is 1. The molecule has 1 amide bonds. The Kier molecular flexibility index (Phi) is 4.64. The summed E-state index contributed by atoms with van der Waals surface area (Å²) in [7, 11) is 3.13. The highest BCUT2D eigenvalue weighted by molar-refractivity contribution is 6.05. The number of hydrogen-bond acceptors (Lipinski definition) is 4. The molecular formula is C22H20N4O3. The second-order valence-corrected chi connectivity index (χ2v) is 6.76. The maximum atomic E-state index is 12.7. The van der Waals surface area contributed by atoms with Crippen LogP contribution in [0.3, 0.4) is 0 Å². The number of hydrogen-bond donors (Lipinski definition) is 1. The first-order valence-electron chi connectivity index (χ1n) is 9.07. The van der Waals surface area contributed by atoms with Crippen molar-refractivity contribution in [3.63, 3.8) is 0 Å². The van der Waals surface area contributed by atoms with Crippen molar-refractivity contribution in [3.05, 3.63) is 82.5 Å². The Morgan fingerprint density at radius 2 is 1.93 bits per heavy atom. The Bertz CT molecular complexity index is 1290. The van der Waals surface area contributed by atoms with Gasteiger partial charge in [0.2, 0.25) is 0 Å². The number of aromatic nitrogens is 3. The fourth-order valence-corrected chi connectivity index (χ4v) is 3.22. The van der Waals surface area contributed by atoms with Crippen molar-refractivity contribution in [3.8, 4) is 17.0 Å².